The van der Waals surface area contributed by atoms with Gasteiger partial charge in [-0.3, -0.25) is 4.79 Å². The number of carbonyl (C=O) groups excluding carboxylic acids is 2. The molecular weight excluding hydrogens is 354 g/mol. The van der Waals surface area contributed by atoms with Gasteiger partial charge >= 0.3 is 5.97 Å². The van der Waals surface area contributed by atoms with E-state index in [9.17, 15) is 9.59 Å². The van der Waals surface area contributed by atoms with Crippen LogP contribution in [0.25, 0.3) is 0 Å². The van der Waals surface area contributed by atoms with Crippen molar-refractivity contribution in [3.63, 3.8) is 0 Å². The quantitative estimate of drug-likeness (QED) is 0.460. The molecular formula is C23H29NO4. The van der Waals surface area contributed by atoms with Crippen LogP contribution in [0.4, 0.5) is 5.69 Å². The van der Waals surface area contributed by atoms with Crippen LogP contribution in [0.5, 0.6) is 5.75 Å². The molecule has 5 heteroatoms. The SMILES string of the molecule is CCCCCCOC(=O)c1ccc(NC(=O)COc2c(C)cccc2C)cc1. The standard InChI is InChI=1S/C23H29NO4/c1-4-5-6-7-15-27-23(26)19-11-13-20(14-12-19)24-21(25)16-28-22-17(2)9-8-10-18(22)3/h8-14H,4-7,15-16H2,1-3H3,(H,24,25). The molecule has 0 spiro atoms. The molecule has 0 bridgehead atoms. The summed E-state index contributed by atoms with van der Waals surface area (Å²) in [4.78, 5) is 24.1. The molecule has 0 aliphatic carbocycles. The maximum Gasteiger partial charge on any atom is 0.338 e. The normalized spacial score (nSPS) is 10.4. The highest BCUT2D eigenvalue weighted by Gasteiger charge is 2.10. The third kappa shape index (κ3) is 6.72. The Hall–Kier alpha value is -2.82. The molecule has 0 aromatic heterocycles. The summed E-state index contributed by atoms with van der Waals surface area (Å²) in [6, 6.07) is 12.5. The van der Waals surface area contributed by atoms with E-state index in [0.29, 0.717) is 17.9 Å². The molecule has 0 aliphatic rings. The second-order valence-corrected chi connectivity index (χ2v) is 6.83. The number of hydrogen-bond acceptors (Lipinski definition) is 4. The van der Waals surface area contributed by atoms with Gasteiger partial charge in [0.2, 0.25) is 0 Å². The van der Waals surface area contributed by atoms with E-state index in [0.717, 1.165) is 42.6 Å². The van der Waals surface area contributed by atoms with Gasteiger partial charge in [0.05, 0.1) is 12.2 Å². The molecule has 0 atom stereocenters. The highest BCUT2D eigenvalue weighted by atomic mass is 16.5. The maximum absolute atomic E-state index is 12.1. The Bertz CT molecular complexity index is 763. The fourth-order valence-corrected chi connectivity index (χ4v) is 2.83. The third-order valence-electron chi connectivity index (χ3n) is 4.39. The van der Waals surface area contributed by atoms with Crippen LogP contribution in [0.1, 0.15) is 54.1 Å². The number of ether oxygens (including phenoxy) is 2. The summed E-state index contributed by atoms with van der Waals surface area (Å²) in [6.45, 7) is 6.39. The van der Waals surface area contributed by atoms with Crippen molar-refractivity contribution in [2.75, 3.05) is 18.5 Å². The van der Waals surface area contributed by atoms with Gasteiger partial charge in [0.1, 0.15) is 5.75 Å². The Morgan fingerprint density at radius 2 is 1.61 bits per heavy atom. The van der Waals surface area contributed by atoms with E-state index in [2.05, 4.69) is 12.2 Å². The number of carbonyl (C=O) groups is 2. The topological polar surface area (TPSA) is 64.6 Å². The van der Waals surface area contributed by atoms with Crippen molar-refractivity contribution in [2.24, 2.45) is 0 Å². The largest absolute Gasteiger partial charge is 0.483 e. The molecule has 0 unspecified atom stereocenters. The number of esters is 1. The summed E-state index contributed by atoms with van der Waals surface area (Å²) in [7, 11) is 0. The van der Waals surface area contributed by atoms with Crippen LogP contribution < -0.4 is 10.1 Å². The number of para-hydroxylation sites is 1. The lowest BCUT2D eigenvalue weighted by Crippen LogP contribution is -2.20. The molecule has 0 aliphatic heterocycles. The van der Waals surface area contributed by atoms with Gasteiger partial charge in [0.25, 0.3) is 5.91 Å². The number of anilines is 1. The summed E-state index contributed by atoms with van der Waals surface area (Å²) in [6.07, 6.45) is 4.25. The second-order valence-electron chi connectivity index (χ2n) is 6.83. The number of unbranched alkanes of at least 4 members (excludes halogenated alkanes) is 3. The van der Waals surface area contributed by atoms with Crippen LogP contribution in [0.2, 0.25) is 0 Å². The predicted octanol–water partition coefficient (Wildman–Crippen LogP) is 5.06. The number of hydrogen-bond donors (Lipinski definition) is 1. The van der Waals surface area contributed by atoms with Gasteiger partial charge in [-0.05, 0) is 55.7 Å². The second kappa shape index (κ2) is 11.1. The first-order valence-electron chi connectivity index (χ1n) is 9.77. The lowest BCUT2D eigenvalue weighted by molar-refractivity contribution is -0.118. The predicted molar refractivity (Wildman–Crippen MR) is 111 cm³/mol. The summed E-state index contributed by atoms with van der Waals surface area (Å²) >= 11 is 0. The van der Waals surface area contributed by atoms with Gasteiger partial charge in [-0.25, -0.2) is 4.79 Å². The van der Waals surface area contributed by atoms with E-state index in [-0.39, 0.29) is 18.5 Å². The summed E-state index contributed by atoms with van der Waals surface area (Å²) in [5, 5.41) is 2.77. The molecule has 0 saturated heterocycles. The molecule has 150 valence electrons. The maximum atomic E-state index is 12.1. The zero-order chi connectivity index (χ0) is 20.4. The van der Waals surface area contributed by atoms with E-state index >= 15 is 0 Å². The van der Waals surface area contributed by atoms with Crippen molar-refractivity contribution < 1.29 is 19.1 Å². The number of aryl methyl sites for hydroxylation is 2. The minimum absolute atomic E-state index is 0.0761. The molecule has 0 saturated carbocycles. The van der Waals surface area contributed by atoms with E-state index in [1.54, 1.807) is 24.3 Å². The van der Waals surface area contributed by atoms with E-state index in [4.69, 9.17) is 9.47 Å². The summed E-state index contributed by atoms with van der Waals surface area (Å²) in [5.74, 6) is 0.135. The van der Waals surface area contributed by atoms with Crippen molar-refractivity contribution in [1.82, 2.24) is 0 Å². The van der Waals surface area contributed by atoms with Crippen molar-refractivity contribution in [1.29, 1.82) is 0 Å². The highest BCUT2D eigenvalue weighted by Crippen LogP contribution is 2.22. The zero-order valence-corrected chi connectivity index (χ0v) is 16.9. The molecule has 28 heavy (non-hydrogen) atoms. The molecule has 2 aromatic rings. The van der Waals surface area contributed by atoms with Gasteiger partial charge < -0.3 is 14.8 Å². The average molecular weight is 383 g/mol. The number of rotatable bonds is 10. The first kappa shape index (κ1) is 21.5. The third-order valence-corrected chi connectivity index (χ3v) is 4.39. The molecule has 1 amide bonds. The van der Waals surface area contributed by atoms with Gasteiger partial charge in [-0.2, -0.15) is 0 Å². The Balaban J connectivity index is 1.80. The Morgan fingerprint density at radius 3 is 2.25 bits per heavy atom. The van der Waals surface area contributed by atoms with Crippen LogP contribution in [0.15, 0.2) is 42.5 Å². The van der Waals surface area contributed by atoms with Crippen molar-refractivity contribution in [3.05, 3.63) is 59.2 Å². The van der Waals surface area contributed by atoms with Crippen LogP contribution in [0, 0.1) is 13.8 Å². The van der Waals surface area contributed by atoms with Gasteiger partial charge in [0, 0.05) is 5.69 Å². The van der Waals surface area contributed by atoms with E-state index in [1.807, 2.05) is 32.0 Å². The number of amides is 1. The van der Waals surface area contributed by atoms with Gasteiger partial charge in [0.15, 0.2) is 6.61 Å². The lowest BCUT2D eigenvalue weighted by atomic mass is 10.1. The van der Waals surface area contributed by atoms with Crippen molar-refractivity contribution in [2.45, 2.75) is 46.5 Å². The lowest BCUT2D eigenvalue weighted by Gasteiger charge is -2.12. The fraction of sp³-hybridized carbons (Fsp3) is 0.391. The summed E-state index contributed by atoms with van der Waals surface area (Å²) < 4.78 is 10.9. The minimum Gasteiger partial charge on any atom is -0.483 e. The molecule has 0 radical (unpaired) electrons. The van der Waals surface area contributed by atoms with Gasteiger partial charge in [-0.15, -0.1) is 0 Å². The smallest absolute Gasteiger partial charge is 0.338 e. The van der Waals surface area contributed by atoms with E-state index in [1.165, 1.54) is 0 Å². The van der Waals surface area contributed by atoms with Crippen LogP contribution >= 0.6 is 0 Å². The first-order chi connectivity index (χ1) is 13.5. The first-order valence-corrected chi connectivity index (χ1v) is 9.77. The molecule has 2 rings (SSSR count). The Kier molecular flexibility index (Phi) is 8.53. The number of nitrogens with one attached hydrogen (secondary N) is 1. The molecule has 0 fully saturated rings. The van der Waals surface area contributed by atoms with Crippen LogP contribution in [0.3, 0.4) is 0 Å². The molecule has 2 aromatic carbocycles. The van der Waals surface area contributed by atoms with Crippen molar-refractivity contribution in [3.8, 4) is 5.75 Å². The van der Waals surface area contributed by atoms with Crippen LogP contribution in [-0.2, 0) is 9.53 Å². The summed E-state index contributed by atoms with van der Waals surface area (Å²) in [5.41, 5.74) is 3.06. The molecule has 5 nitrogen and oxygen atoms in total. The van der Waals surface area contributed by atoms with Gasteiger partial charge in [-0.1, -0.05) is 44.4 Å². The van der Waals surface area contributed by atoms with Crippen molar-refractivity contribution >= 4 is 17.6 Å². The van der Waals surface area contributed by atoms with Crippen LogP contribution in [-0.4, -0.2) is 25.1 Å². The highest BCUT2D eigenvalue weighted by molar-refractivity contribution is 5.93. The molecule has 1 N–H and O–H groups in total. The monoisotopic (exact) mass is 383 g/mol. The number of benzene rings is 2. The Morgan fingerprint density at radius 1 is 0.929 bits per heavy atom. The Labute approximate surface area is 167 Å². The fourth-order valence-electron chi connectivity index (χ4n) is 2.83. The van der Waals surface area contributed by atoms with E-state index < -0.39 is 0 Å². The zero-order valence-electron chi connectivity index (χ0n) is 16.9. The minimum atomic E-state index is -0.340. The average Bonchev–Trinajstić information content (AvgIpc) is 2.68. The molecule has 0 heterocycles.